The molecule has 2 aromatic rings. The van der Waals surface area contributed by atoms with E-state index in [2.05, 4.69) is 0 Å². The Bertz CT molecular complexity index is 676. The summed E-state index contributed by atoms with van der Waals surface area (Å²) in [5, 5.41) is 8.78. The maximum absolute atomic E-state index is 13.6. The Kier molecular flexibility index (Phi) is 4.70. The highest BCUT2D eigenvalue weighted by Gasteiger charge is 2.11. The van der Waals surface area contributed by atoms with Crippen LogP contribution in [0.2, 0.25) is 0 Å². The second-order valence-electron chi connectivity index (χ2n) is 4.31. The van der Waals surface area contributed by atoms with Gasteiger partial charge >= 0.3 is 5.97 Å². The molecule has 0 saturated heterocycles. The fourth-order valence-electron chi connectivity index (χ4n) is 1.75. The average Bonchev–Trinajstić information content (AvgIpc) is 2.46. The number of rotatable bonds is 5. The number of benzene rings is 2. The summed E-state index contributed by atoms with van der Waals surface area (Å²) in [6.45, 7) is 0. The molecular formula is C15H14FNO3S. The molecule has 0 aliphatic carbocycles. The van der Waals surface area contributed by atoms with Gasteiger partial charge < -0.3 is 15.6 Å². The molecule has 0 atom stereocenters. The Balaban J connectivity index is 2.13. The number of aromatic carboxylic acids is 1. The van der Waals surface area contributed by atoms with Crippen LogP contribution in [0.3, 0.4) is 0 Å². The zero-order chi connectivity index (χ0) is 15.4. The Hall–Kier alpha value is -2.21. The third kappa shape index (κ3) is 3.66. The largest absolute Gasteiger partial charge is 0.497 e. The van der Waals surface area contributed by atoms with E-state index in [1.807, 2.05) is 6.07 Å². The molecule has 2 aromatic carbocycles. The number of halogens is 1. The van der Waals surface area contributed by atoms with E-state index in [9.17, 15) is 9.18 Å². The van der Waals surface area contributed by atoms with Crippen molar-refractivity contribution < 1.29 is 19.0 Å². The van der Waals surface area contributed by atoms with Gasteiger partial charge in [-0.25, -0.2) is 9.18 Å². The molecule has 0 radical (unpaired) electrons. The normalized spacial score (nSPS) is 10.4. The van der Waals surface area contributed by atoms with E-state index in [0.717, 1.165) is 4.90 Å². The van der Waals surface area contributed by atoms with E-state index in [1.54, 1.807) is 25.3 Å². The Morgan fingerprint density at radius 2 is 2.10 bits per heavy atom. The van der Waals surface area contributed by atoms with Crippen molar-refractivity contribution >= 4 is 23.4 Å². The summed E-state index contributed by atoms with van der Waals surface area (Å²) in [6.07, 6.45) is 0. The zero-order valence-corrected chi connectivity index (χ0v) is 12.1. The third-order valence-electron chi connectivity index (χ3n) is 2.88. The standard InChI is InChI=1S/C15H14FNO3S/c1-20-10-3-5-13(17)14(7-10)21-8-9-2-4-11(15(18)19)12(16)6-9/h2-7H,8,17H2,1H3,(H,18,19). The molecule has 0 aliphatic heterocycles. The number of hydrogen-bond acceptors (Lipinski definition) is 4. The number of thioether (sulfide) groups is 1. The fourth-order valence-corrected chi connectivity index (χ4v) is 2.69. The highest BCUT2D eigenvalue weighted by atomic mass is 32.2. The lowest BCUT2D eigenvalue weighted by Gasteiger charge is -2.08. The lowest BCUT2D eigenvalue weighted by molar-refractivity contribution is 0.0692. The van der Waals surface area contributed by atoms with Gasteiger partial charge in [0.2, 0.25) is 0 Å². The molecule has 0 saturated carbocycles. The number of anilines is 1. The van der Waals surface area contributed by atoms with Gasteiger partial charge in [-0.3, -0.25) is 0 Å². The number of nitrogen functional groups attached to an aromatic ring is 1. The van der Waals surface area contributed by atoms with Gasteiger partial charge in [-0.15, -0.1) is 11.8 Å². The molecule has 6 heteroatoms. The second kappa shape index (κ2) is 6.49. The van der Waals surface area contributed by atoms with Crippen LogP contribution in [0.25, 0.3) is 0 Å². The van der Waals surface area contributed by atoms with Crippen LogP contribution in [0.1, 0.15) is 15.9 Å². The topological polar surface area (TPSA) is 72.5 Å². The molecule has 0 aliphatic rings. The minimum absolute atomic E-state index is 0.329. The second-order valence-corrected chi connectivity index (χ2v) is 5.33. The summed E-state index contributed by atoms with van der Waals surface area (Å²) in [5.74, 6) is -0.837. The van der Waals surface area contributed by atoms with Gasteiger partial charge in [0, 0.05) is 16.3 Å². The van der Waals surface area contributed by atoms with E-state index >= 15 is 0 Å². The number of methoxy groups -OCH3 is 1. The van der Waals surface area contributed by atoms with Crippen molar-refractivity contribution in [2.45, 2.75) is 10.6 Å². The summed E-state index contributed by atoms with van der Waals surface area (Å²) in [4.78, 5) is 11.6. The number of carbonyl (C=O) groups is 1. The average molecular weight is 307 g/mol. The molecule has 0 amide bonds. The molecule has 2 rings (SSSR count). The van der Waals surface area contributed by atoms with Crippen LogP contribution in [-0.2, 0) is 5.75 Å². The highest BCUT2D eigenvalue weighted by Crippen LogP contribution is 2.31. The molecule has 21 heavy (non-hydrogen) atoms. The van der Waals surface area contributed by atoms with Crippen molar-refractivity contribution in [3.63, 3.8) is 0 Å². The first-order valence-corrected chi connectivity index (χ1v) is 7.08. The van der Waals surface area contributed by atoms with Crippen molar-refractivity contribution in [2.24, 2.45) is 0 Å². The SMILES string of the molecule is COc1ccc(N)c(SCc2ccc(C(=O)O)c(F)c2)c1. The van der Waals surface area contributed by atoms with E-state index in [1.165, 1.54) is 23.9 Å². The highest BCUT2D eigenvalue weighted by molar-refractivity contribution is 7.98. The molecule has 3 N–H and O–H groups in total. The Morgan fingerprint density at radius 3 is 2.71 bits per heavy atom. The summed E-state index contributed by atoms with van der Waals surface area (Å²) in [7, 11) is 1.57. The van der Waals surface area contributed by atoms with Gasteiger partial charge in [-0.05, 0) is 35.9 Å². The van der Waals surface area contributed by atoms with E-state index < -0.39 is 11.8 Å². The molecule has 0 heterocycles. The predicted molar refractivity (Wildman–Crippen MR) is 80.3 cm³/mol. The van der Waals surface area contributed by atoms with Crippen LogP contribution in [0.5, 0.6) is 5.75 Å². The molecule has 0 bridgehead atoms. The van der Waals surface area contributed by atoms with E-state index in [0.29, 0.717) is 22.8 Å². The van der Waals surface area contributed by atoms with Crippen LogP contribution >= 0.6 is 11.8 Å². The van der Waals surface area contributed by atoms with Crippen molar-refractivity contribution in [1.82, 2.24) is 0 Å². The minimum atomic E-state index is -1.27. The Labute approximate surface area is 125 Å². The molecule has 0 spiro atoms. The van der Waals surface area contributed by atoms with Gasteiger partial charge in [0.15, 0.2) is 0 Å². The predicted octanol–water partition coefficient (Wildman–Crippen LogP) is 3.41. The number of ether oxygens (including phenoxy) is 1. The van der Waals surface area contributed by atoms with E-state index in [-0.39, 0.29) is 5.56 Å². The lowest BCUT2D eigenvalue weighted by atomic mass is 10.1. The third-order valence-corrected chi connectivity index (χ3v) is 4.02. The molecule has 110 valence electrons. The van der Waals surface area contributed by atoms with Crippen molar-refractivity contribution in [2.75, 3.05) is 12.8 Å². The number of hydrogen-bond donors (Lipinski definition) is 2. The fraction of sp³-hybridized carbons (Fsp3) is 0.133. The molecular weight excluding hydrogens is 293 g/mol. The zero-order valence-electron chi connectivity index (χ0n) is 11.3. The number of carboxylic acids is 1. The van der Waals surface area contributed by atoms with Gasteiger partial charge in [-0.2, -0.15) is 0 Å². The van der Waals surface area contributed by atoms with Crippen LogP contribution in [-0.4, -0.2) is 18.2 Å². The first-order chi connectivity index (χ1) is 10.0. The van der Waals surface area contributed by atoms with Crippen LogP contribution in [0.15, 0.2) is 41.3 Å². The van der Waals surface area contributed by atoms with Gasteiger partial charge in [-0.1, -0.05) is 6.07 Å². The first kappa shape index (κ1) is 15.2. The maximum atomic E-state index is 13.6. The minimum Gasteiger partial charge on any atom is -0.497 e. The first-order valence-electron chi connectivity index (χ1n) is 6.09. The summed E-state index contributed by atoms with van der Waals surface area (Å²) >= 11 is 1.43. The van der Waals surface area contributed by atoms with E-state index in [4.69, 9.17) is 15.6 Å². The molecule has 0 unspecified atom stereocenters. The van der Waals surface area contributed by atoms with Crippen LogP contribution < -0.4 is 10.5 Å². The van der Waals surface area contributed by atoms with Crippen LogP contribution in [0, 0.1) is 5.82 Å². The summed E-state index contributed by atoms with van der Waals surface area (Å²) < 4.78 is 18.7. The smallest absolute Gasteiger partial charge is 0.338 e. The number of nitrogens with two attached hydrogens (primary N) is 1. The molecule has 0 fully saturated rings. The Morgan fingerprint density at radius 1 is 1.33 bits per heavy atom. The van der Waals surface area contributed by atoms with Crippen molar-refractivity contribution in [3.05, 3.63) is 53.3 Å². The number of carboxylic acid groups (broad SMARTS) is 1. The summed E-state index contributed by atoms with van der Waals surface area (Å²) in [6, 6.07) is 9.41. The maximum Gasteiger partial charge on any atom is 0.338 e. The van der Waals surface area contributed by atoms with Crippen molar-refractivity contribution in [3.8, 4) is 5.75 Å². The monoisotopic (exact) mass is 307 g/mol. The molecule has 4 nitrogen and oxygen atoms in total. The summed E-state index contributed by atoms with van der Waals surface area (Å²) in [5.41, 5.74) is 6.84. The van der Waals surface area contributed by atoms with Gasteiger partial charge in [0.25, 0.3) is 0 Å². The lowest BCUT2D eigenvalue weighted by Crippen LogP contribution is -2.00. The van der Waals surface area contributed by atoms with Crippen molar-refractivity contribution in [1.29, 1.82) is 0 Å². The molecule has 0 aromatic heterocycles. The van der Waals surface area contributed by atoms with Gasteiger partial charge in [0.05, 0.1) is 12.7 Å². The van der Waals surface area contributed by atoms with Crippen LogP contribution in [0.4, 0.5) is 10.1 Å². The van der Waals surface area contributed by atoms with Gasteiger partial charge in [0.1, 0.15) is 11.6 Å². The quantitative estimate of drug-likeness (QED) is 0.654.